The minimum Gasteiger partial charge on any atom is -0.328 e. The molecule has 14 heavy (non-hydrogen) atoms. The van der Waals surface area contributed by atoms with Gasteiger partial charge in [0.25, 0.3) is 0 Å². The van der Waals surface area contributed by atoms with Gasteiger partial charge in [-0.05, 0) is 25.4 Å². The van der Waals surface area contributed by atoms with Crippen LogP contribution in [-0.2, 0) is 0 Å². The highest BCUT2D eigenvalue weighted by Gasteiger charge is 2.10. The standard InChI is InChI=1S/C10H23N2P2/c1-13-7-6-9(11)4-5-10(12)8-14(2)3/h9-10H,1-2,4-8,11-12H2,3H3/q+1. The highest BCUT2D eigenvalue weighted by molar-refractivity contribution is 7.55. The predicted octanol–water partition coefficient (Wildman–Crippen LogP) is 1.73. The van der Waals surface area contributed by atoms with Crippen LogP contribution in [0.2, 0.25) is 0 Å². The third kappa shape index (κ3) is 8.84. The van der Waals surface area contributed by atoms with E-state index in [4.69, 9.17) is 11.5 Å². The molecule has 0 aliphatic rings. The van der Waals surface area contributed by atoms with Crippen molar-refractivity contribution in [3.05, 3.63) is 0 Å². The maximum Gasteiger partial charge on any atom is 0.120 e. The van der Waals surface area contributed by atoms with Gasteiger partial charge >= 0.3 is 0 Å². The lowest BCUT2D eigenvalue weighted by Crippen LogP contribution is -2.28. The van der Waals surface area contributed by atoms with Crippen molar-refractivity contribution in [2.75, 3.05) is 19.0 Å². The molecule has 0 heterocycles. The summed E-state index contributed by atoms with van der Waals surface area (Å²) in [6, 6.07) is 0.607. The van der Waals surface area contributed by atoms with Gasteiger partial charge in [-0.25, -0.2) is 0 Å². The Bertz CT molecular complexity index is 183. The first kappa shape index (κ1) is 14.3. The Morgan fingerprint density at radius 1 is 1.21 bits per heavy atom. The number of hydrogen-bond donors (Lipinski definition) is 2. The lowest BCUT2D eigenvalue weighted by molar-refractivity contribution is 0.533. The van der Waals surface area contributed by atoms with Crippen LogP contribution >= 0.6 is 15.7 Å². The number of hydrogen-bond acceptors (Lipinski definition) is 2. The van der Waals surface area contributed by atoms with Gasteiger partial charge in [-0.15, -0.1) is 8.20 Å². The molecule has 3 atom stereocenters. The van der Waals surface area contributed by atoms with Crippen molar-refractivity contribution in [1.29, 1.82) is 0 Å². The predicted molar refractivity (Wildman–Crippen MR) is 73.5 cm³/mol. The molecule has 0 saturated carbocycles. The summed E-state index contributed by atoms with van der Waals surface area (Å²) >= 11 is 0. The number of nitrogens with two attached hydrogens (primary N) is 2. The Hall–Kier alpha value is 0.260. The van der Waals surface area contributed by atoms with E-state index in [0.29, 0.717) is 12.1 Å². The van der Waals surface area contributed by atoms with Crippen molar-refractivity contribution in [1.82, 2.24) is 0 Å². The molecule has 0 spiro atoms. The van der Waals surface area contributed by atoms with Gasteiger partial charge in [0.1, 0.15) is 6.16 Å². The third-order valence-corrected chi connectivity index (χ3v) is 3.78. The summed E-state index contributed by atoms with van der Waals surface area (Å²) in [5, 5.41) is 0. The van der Waals surface area contributed by atoms with Crippen molar-refractivity contribution in [2.45, 2.75) is 31.3 Å². The van der Waals surface area contributed by atoms with Crippen LogP contribution in [0.4, 0.5) is 0 Å². The molecule has 0 aromatic carbocycles. The van der Waals surface area contributed by atoms with Crippen LogP contribution in [0.1, 0.15) is 19.3 Å². The molecule has 2 nitrogen and oxygen atoms in total. The van der Waals surface area contributed by atoms with E-state index < -0.39 is 0 Å². The van der Waals surface area contributed by atoms with Crippen molar-refractivity contribution >= 4 is 28.3 Å². The fourth-order valence-electron chi connectivity index (χ4n) is 1.32. The summed E-state index contributed by atoms with van der Waals surface area (Å²) in [4.78, 5) is 0. The van der Waals surface area contributed by atoms with Gasteiger partial charge in [0.2, 0.25) is 0 Å². The Morgan fingerprint density at radius 3 is 2.29 bits per heavy atom. The van der Waals surface area contributed by atoms with Crippen molar-refractivity contribution in [3.8, 4) is 0 Å². The van der Waals surface area contributed by atoms with Gasteiger partial charge in [-0.2, -0.15) is 0 Å². The molecule has 0 rings (SSSR count). The third-order valence-electron chi connectivity index (χ3n) is 2.11. The molecule has 0 radical (unpaired) electrons. The van der Waals surface area contributed by atoms with Crippen LogP contribution in [0.5, 0.6) is 0 Å². The SMILES string of the molecule is C=PCCC(N)CCC(N)C[P+](=C)C. The zero-order valence-electron chi connectivity index (χ0n) is 9.15. The lowest BCUT2D eigenvalue weighted by Gasteiger charge is -2.12. The van der Waals surface area contributed by atoms with Crippen molar-refractivity contribution in [3.63, 3.8) is 0 Å². The van der Waals surface area contributed by atoms with Gasteiger partial charge in [0, 0.05) is 12.1 Å². The number of rotatable bonds is 8. The first-order valence-electron chi connectivity index (χ1n) is 5.01. The summed E-state index contributed by atoms with van der Waals surface area (Å²) in [5.74, 6) is 0. The Labute approximate surface area is 90.6 Å². The molecule has 0 amide bonds. The maximum absolute atomic E-state index is 5.96. The van der Waals surface area contributed by atoms with Gasteiger partial charge in [0.05, 0.1) is 20.5 Å². The average Bonchev–Trinajstić information content (AvgIpc) is 2.10. The van der Waals surface area contributed by atoms with Crippen LogP contribution in [0.3, 0.4) is 0 Å². The second-order valence-electron chi connectivity index (χ2n) is 3.87. The summed E-state index contributed by atoms with van der Waals surface area (Å²) in [7, 11) is 1.08. The minimum absolute atomic E-state index is 0.109. The van der Waals surface area contributed by atoms with E-state index in [2.05, 4.69) is 19.3 Å². The highest BCUT2D eigenvalue weighted by atomic mass is 31.1. The topological polar surface area (TPSA) is 52.0 Å². The highest BCUT2D eigenvalue weighted by Crippen LogP contribution is 2.16. The minimum atomic E-state index is -0.109. The second kappa shape index (κ2) is 8.56. The average molecular weight is 233 g/mol. The summed E-state index contributed by atoms with van der Waals surface area (Å²) in [6.07, 6.45) is 13.1. The van der Waals surface area contributed by atoms with Crippen LogP contribution in [0.15, 0.2) is 0 Å². The van der Waals surface area contributed by atoms with Crippen LogP contribution in [0.25, 0.3) is 0 Å². The zero-order chi connectivity index (χ0) is 11.0. The van der Waals surface area contributed by atoms with E-state index in [1.165, 1.54) is 8.20 Å². The molecule has 0 aliphatic heterocycles. The molecular formula is C10H23N2P2+. The largest absolute Gasteiger partial charge is 0.328 e. The molecule has 4 heteroatoms. The van der Waals surface area contributed by atoms with E-state index in [0.717, 1.165) is 31.6 Å². The molecule has 0 saturated heterocycles. The van der Waals surface area contributed by atoms with Crippen molar-refractivity contribution in [2.24, 2.45) is 11.5 Å². The van der Waals surface area contributed by atoms with E-state index in [1.807, 2.05) is 0 Å². The molecule has 3 unspecified atom stereocenters. The molecular weight excluding hydrogens is 210 g/mol. The molecule has 4 N–H and O–H groups in total. The van der Waals surface area contributed by atoms with Gasteiger partial charge < -0.3 is 11.5 Å². The fourth-order valence-corrected chi connectivity index (χ4v) is 2.82. The monoisotopic (exact) mass is 233 g/mol. The molecule has 0 aromatic heterocycles. The Balaban J connectivity index is 3.49. The lowest BCUT2D eigenvalue weighted by atomic mass is 10.1. The molecule has 0 bridgehead atoms. The second-order valence-corrected chi connectivity index (χ2v) is 6.84. The van der Waals surface area contributed by atoms with Crippen LogP contribution < -0.4 is 11.5 Å². The Kier molecular flexibility index (Phi) is 8.72. The van der Waals surface area contributed by atoms with E-state index in [9.17, 15) is 0 Å². The quantitative estimate of drug-likeness (QED) is 0.627. The molecule has 0 fully saturated rings. The van der Waals surface area contributed by atoms with E-state index >= 15 is 0 Å². The normalized spacial score (nSPS) is 16.6. The first-order chi connectivity index (χ1) is 6.56. The summed E-state index contributed by atoms with van der Waals surface area (Å²) in [5.41, 5.74) is 11.9. The van der Waals surface area contributed by atoms with E-state index in [1.54, 1.807) is 0 Å². The smallest absolute Gasteiger partial charge is 0.120 e. The van der Waals surface area contributed by atoms with Crippen molar-refractivity contribution < 1.29 is 0 Å². The van der Waals surface area contributed by atoms with Gasteiger partial charge in [-0.3, -0.25) is 0 Å². The Morgan fingerprint density at radius 2 is 1.79 bits per heavy atom. The molecule has 0 aliphatic carbocycles. The first-order valence-corrected chi connectivity index (χ1v) is 8.44. The fraction of sp³-hybridized carbons (Fsp3) is 0.800. The van der Waals surface area contributed by atoms with E-state index in [-0.39, 0.29) is 7.55 Å². The zero-order valence-corrected chi connectivity index (χ0v) is 10.9. The maximum atomic E-state index is 5.96. The van der Waals surface area contributed by atoms with Crippen LogP contribution in [-0.4, -0.2) is 43.7 Å². The summed E-state index contributed by atoms with van der Waals surface area (Å²) in [6.45, 7) is 2.16. The van der Waals surface area contributed by atoms with Gasteiger partial charge in [-0.1, -0.05) is 6.30 Å². The summed E-state index contributed by atoms with van der Waals surface area (Å²) < 4.78 is 0. The van der Waals surface area contributed by atoms with Gasteiger partial charge in [0.15, 0.2) is 0 Å². The van der Waals surface area contributed by atoms with Crippen LogP contribution in [0, 0.1) is 0 Å². The molecule has 0 aromatic rings. The molecule has 82 valence electrons.